The van der Waals surface area contributed by atoms with Gasteiger partial charge in [0.25, 0.3) is 0 Å². The van der Waals surface area contributed by atoms with Gasteiger partial charge in [-0.25, -0.2) is 4.98 Å². The highest BCUT2D eigenvalue weighted by Crippen LogP contribution is 2.39. The van der Waals surface area contributed by atoms with E-state index < -0.39 is 28.3 Å². The summed E-state index contributed by atoms with van der Waals surface area (Å²) in [6.45, 7) is 6.63. The number of fused-ring (bicyclic) bond motifs is 1. The first kappa shape index (κ1) is 23.4. The number of nitrogens with one attached hydrogen (secondary N) is 1. The van der Waals surface area contributed by atoms with Crippen LogP contribution in [0.25, 0.3) is 22.6 Å². The summed E-state index contributed by atoms with van der Waals surface area (Å²) in [5.74, 6) is 0.248. The molecule has 3 aromatic rings. The van der Waals surface area contributed by atoms with Crippen molar-refractivity contribution in [2.24, 2.45) is 0 Å². The van der Waals surface area contributed by atoms with E-state index in [2.05, 4.69) is 25.6 Å². The van der Waals surface area contributed by atoms with Gasteiger partial charge in [-0.05, 0) is 63.1 Å². The number of nitrogens with zero attached hydrogens (tertiary/aromatic N) is 1. The Bertz CT molecular complexity index is 1080. The zero-order chi connectivity index (χ0) is 22.4. The number of hydrogen-bond acceptors (Lipinski definition) is 4. The molecule has 2 unspecified atom stereocenters. The van der Waals surface area contributed by atoms with Crippen LogP contribution in [0.3, 0.4) is 0 Å². The predicted molar refractivity (Wildman–Crippen MR) is 117 cm³/mol. The monoisotopic (exact) mass is 522 g/mol. The van der Waals surface area contributed by atoms with E-state index in [0.717, 1.165) is 16.1 Å². The quantitative estimate of drug-likeness (QED) is 0.379. The van der Waals surface area contributed by atoms with Crippen molar-refractivity contribution in [3.05, 3.63) is 51.0 Å². The second-order valence-electron chi connectivity index (χ2n) is 7.76. The SMILES string of the molecule is Cc1c(Br)cccc1-c1nc2cc(C(N[S+]([O-])C(C)(C)C)C(F)(F)F)cc(Cl)c2o1. The Morgan fingerprint density at radius 3 is 2.50 bits per heavy atom. The standard InChI is InChI=1S/C20H19BrClF3N2O2S/c1-10-12(6-5-7-13(10)21)18-26-15-9-11(8-14(22)16(15)29-18)17(20(23,24)25)27-30(28)19(2,3)4/h5-9,17,27H,1-4H3. The van der Waals surface area contributed by atoms with E-state index in [4.69, 9.17) is 16.0 Å². The Hall–Kier alpha value is -1.26. The summed E-state index contributed by atoms with van der Waals surface area (Å²) >= 11 is 7.73. The predicted octanol–water partition coefficient (Wildman–Crippen LogP) is 6.87. The number of rotatable bonds is 4. The van der Waals surface area contributed by atoms with E-state index in [-0.39, 0.29) is 27.6 Å². The Morgan fingerprint density at radius 2 is 1.90 bits per heavy atom. The minimum atomic E-state index is -4.69. The molecule has 2 atom stereocenters. The molecule has 0 aliphatic heterocycles. The highest BCUT2D eigenvalue weighted by molar-refractivity contribution is 9.10. The molecule has 2 aromatic carbocycles. The van der Waals surface area contributed by atoms with Gasteiger partial charge in [-0.15, -0.1) is 4.72 Å². The average molecular weight is 524 g/mol. The van der Waals surface area contributed by atoms with E-state index >= 15 is 0 Å². The lowest BCUT2D eigenvalue weighted by Crippen LogP contribution is -2.45. The van der Waals surface area contributed by atoms with Crippen LogP contribution in [0.2, 0.25) is 5.02 Å². The molecule has 0 radical (unpaired) electrons. The van der Waals surface area contributed by atoms with Crippen molar-refractivity contribution in [3.8, 4) is 11.5 Å². The van der Waals surface area contributed by atoms with Gasteiger partial charge in [0.15, 0.2) is 11.6 Å². The van der Waals surface area contributed by atoms with Crippen molar-refractivity contribution in [3.63, 3.8) is 0 Å². The molecular weight excluding hydrogens is 505 g/mol. The van der Waals surface area contributed by atoms with Crippen molar-refractivity contribution in [2.45, 2.75) is 44.7 Å². The molecule has 162 valence electrons. The van der Waals surface area contributed by atoms with Crippen molar-refractivity contribution >= 4 is 50.0 Å². The minimum Gasteiger partial charge on any atom is -0.598 e. The van der Waals surface area contributed by atoms with Gasteiger partial charge in [-0.3, -0.25) is 0 Å². The van der Waals surface area contributed by atoms with E-state index in [0.29, 0.717) is 5.56 Å². The molecule has 0 aliphatic carbocycles. The van der Waals surface area contributed by atoms with Crippen LogP contribution < -0.4 is 4.72 Å². The molecule has 30 heavy (non-hydrogen) atoms. The number of hydrogen-bond donors (Lipinski definition) is 1. The van der Waals surface area contributed by atoms with E-state index in [1.54, 1.807) is 32.9 Å². The summed E-state index contributed by atoms with van der Waals surface area (Å²) in [5.41, 5.74) is 1.74. The topological polar surface area (TPSA) is 61.1 Å². The second kappa shape index (κ2) is 8.35. The molecule has 0 saturated heterocycles. The number of halogens is 5. The zero-order valence-electron chi connectivity index (χ0n) is 16.5. The third kappa shape index (κ3) is 4.80. The van der Waals surface area contributed by atoms with Crippen molar-refractivity contribution in [1.29, 1.82) is 0 Å². The number of benzene rings is 2. The molecule has 0 amide bonds. The van der Waals surface area contributed by atoms with Crippen molar-refractivity contribution in [1.82, 2.24) is 9.71 Å². The Morgan fingerprint density at radius 1 is 1.23 bits per heavy atom. The van der Waals surface area contributed by atoms with Gasteiger partial charge in [0.1, 0.15) is 10.3 Å². The minimum absolute atomic E-state index is 0.00788. The molecule has 10 heteroatoms. The first-order valence-corrected chi connectivity index (χ1v) is 11.2. The molecule has 3 rings (SSSR count). The van der Waals surface area contributed by atoms with E-state index in [1.807, 2.05) is 13.0 Å². The summed E-state index contributed by atoms with van der Waals surface area (Å²) in [7, 11) is 0. The first-order valence-electron chi connectivity index (χ1n) is 8.89. The Kier molecular flexibility index (Phi) is 6.51. The molecule has 0 fully saturated rings. The maximum atomic E-state index is 13.8. The molecular formula is C20H19BrClF3N2O2S. The van der Waals surface area contributed by atoms with Crippen LogP contribution in [-0.2, 0) is 11.4 Å². The first-order chi connectivity index (χ1) is 13.8. The zero-order valence-corrected chi connectivity index (χ0v) is 19.7. The van der Waals surface area contributed by atoms with Crippen molar-refractivity contribution in [2.75, 3.05) is 0 Å². The Balaban J connectivity index is 2.09. The van der Waals surface area contributed by atoms with Gasteiger partial charge in [0.05, 0.1) is 5.02 Å². The lowest BCUT2D eigenvalue weighted by Gasteiger charge is -2.29. The number of aromatic nitrogens is 1. The maximum absolute atomic E-state index is 13.8. The number of oxazole rings is 1. The third-order valence-corrected chi connectivity index (χ3v) is 7.11. The molecule has 1 N–H and O–H groups in total. The van der Waals surface area contributed by atoms with Crippen LogP contribution >= 0.6 is 27.5 Å². The van der Waals surface area contributed by atoms with E-state index in [1.165, 1.54) is 6.07 Å². The van der Waals surface area contributed by atoms with Crippen molar-refractivity contribution < 1.29 is 22.1 Å². The van der Waals surface area contributed by atoms with Gasteiger partial charge < -0.3 is 8.97 Å². The summed E-state index contributed by atoms with van der Waals surface area (Å²) in [6, 6.07) is 5.71. The van der Waals surface area contributed by atoms with Crippen LogP contribution in [0.15, 0.2) is 39.2 Å². The van der Waals surface area contributed by atoms with Crippen LogP contribution in [-0.4, -0.2) is 20.5 Å². The van der Waals surface area contributed by atoms with Crippen LogP contribution in [0, 0.1) is 6.92 Å². The fourth-order valence-corrected chi connectivity index (χ4v) is 4.21. The lowest BCUT2D eigenvalue weighted by atomic mass is 10.1. The number of alkyl halides is 3. The normalized spacial score (nSPS) is 14.9. The molecule has 0 spiro atoms. The van der Waals surface area contributed by atoms with Gasteiger partial charge in [0, 0.05) is 21.4 Å². The smallest absolute Gasteiger partial charge is 0.412 e. The summed E-state index contributed by atoms with van der Waals surface area (Å²) < 4.78 is 61.5. The van der Waals surface area contributed by atoms with Crippen LogP contribution in [0.4, 0.5) is 13.2 Å². The molecule has 0 bridgehead atoms. The molecule has 0 aliphatic rings. The lowest BCUT2D eigenvalue weighted by molar-refractivity contribution is -0.153. The van der Waals surface area contributed by atoms with Gasteiger partial charge in [-0.1, -0.05) is 33.6 Å². The Labute approximate surface area is 188 Å². The summed E-state index contributed by atoms with van der Waals surface area (Å²) in [4.78, 5) is 4.36. The second-order valence-corrected chi connectivity index (χ2v) is 11.0. The highest BCUT2D eigenvalue weighted by Gasteiger charge is 2.46. The summed E-state index contributed by atoms with van der Waals surface area (Å²) in [6.07, 6.45) is -4.69. The highest BCUT2D eigenvalue weighted by atomic mass is 79.9. The fourth-order valence-electron chi connectivity index (χ4n) is 2.74. The van der Waals surface area contributed by atoms with Gasteiger partial charge >= 0.3 is 6.18 Å². The average Bonchev–Trinajstić information content (AvgIpc) is 3.04. The van der Waals surface area contributed by atoms with Gasteiger partial charge in [-0.2, -0.15) is 13.2 Å². The maximum Gasteiger partial charge on any atom is 0.412 e. The fraction of sp³-hybridized carbons (Fsp3) is 0.350. The molecule has 1 heterocycles. The van der Waals surface area contributed by atoms with Crippen LogP contribution in [0.1, 0.15) is 37.9 Å². The van der Waals surface area contributed by atoms with E-state index in [9.17, 15) is 17.7 Å². The molecule has 1 aromatic heterocycles. The molecule has 4 nitrogen and oxygen atoms in total. The summed E-state index contributed by atoms with van der Waals surface area (Å²) in [5, 5.41) is -0.00788. The van der Waals surface area contributed by atoms with Crippen LogP contribution in [0.5, 0.6) is 0 Å². The van der Waals surface area contributed by atoms with Gasteiger partial charge in [0.2, 0.25) is 5.89 Å². The third-order valence-electron chi connectivity index (χ3n) is 4.41. The molecule has 0 saturated carbocycles. The largest absolute Gasteiger partial charge is 0.598 e.